The van der Waals surface area contributed by atoms with Crippen LogP contribution in [0, 0.1) is 12.8 Å². The predicted molar refractivity (Wildman–Crippen MR) is 90.7 cm³/mol. The van der Waals surface area contributed by atoms with E-state index in [4.69, 9.17) is 0 Å². The Kier molecular flexibility index (Phi) is 6.22. The predicted octanol–water partition coefficient (Wildman–Crippen LogP) is 2.53. The maximum absolute atomic E-state index is 3.49. The molecule has 1 saturated heterocycles. The number of piperazine rings is 1. The highest BCUT2D eigenvalue weighted by Crippen LogP contribution is 2.19. The minimum absolute atomic E-state index is 0.433. The third-order valence-corrected chi connectivity index (χ3v) is 4.44. The van der Waals surface area contributed by atoms with Gasteiger partial charge in [-0.15, -0.1) is 0 Å². The maximum atomic E-state index is 3.49. The molecule has 2 rings (SSSR count). The quantitative estimate of drug-likeness (QED) is 0.868. The van der Waals surface area contributed by atoms with Gasteiger partial charge in [0, 0.05) is 45.3 Å². The van der Waals surface area contributed by atoms with Crippen molar-refractivity contribution < 1.29 is 0 Å². The van der Waals surface area contributed by atoms with Gasteiger partial charge in [-0.05, 0) is 31.0 Å². The molecule has 1 aliphatic heterocycles. The van der Waals surface area contributed by atoms with Crippen LogP contribution in [0.4, 0.5) is 0 Å². The molecule has 1 atom stereocenters. The van der Waals surface area contributed by atoms with Gasteiger partial charge in [0.15, 0.2) is 0 Å². The first-order valence-corrected chi connectivity index (χ1v) is 8.27. The van der Waals surface area contributed by atoms with Crippen molar-refractivity contribution in [2.45, 2.75) is 26.8 Å². The Morgan fingerprint density at radius 3 is 2.10 bits per heavy atom. The summed E-state index contributed by atoms with van der Waals surface area (Å²) >= 11 is 0. The summed E-state index contributed by atoms with van der Waals surface area (Å²) in [5.74, 6) is 0.772. The zero-order valence-corrected chi connectivity index (χ0v) is 14.1. The molecule has 0 spiro atoms. The van der Waals surface area contributed by atoms with Gasteiger partial charge in [-0.25, -0.2) is 0 Å². The Labute approximate surface area is 130 Å². The summed E-state index contributed by atoms with van der Waals surface area (Å²) < 4.78 is 0. The van der Waals surface area contributed by atoms with Crippen molar-refractivity contribution in [3.05, 3.63) is 35.4 Å². The lowest BCUT2D eigenvalue weighted by Crippen LogP contribution is -2.49. The van der Waals surface area contributed by atoms with Crippen LogP contribution in [-0.2, 0) is 0 Å². The molecule has 1 heterocycles. The van der Waals surface area contributed by atoms with Crippen molar-refractivity contribution in [3.8, 4) is 0 Å². The number of likely N-dealkylation sites (N-methyl/N-ethyl adjacent to an activating group) is 1. The molecule has 0 amide bonds. The minimum Gasteiger partial charge on any atom is -0.312 e. The molecule has 1 aliphatic rings. The number of nitrogens with zero attached hydrogens (tertiary/aromatic N) is 2. The fraction of sp³-hybridized carbons (Fsp3) is 0.667. The summed E-state index contributed by atoms with van der Waals surface area (Å²) in [6.07, 6.45) is 0. The van der Waals surface area contributed by atoms with Gasteiger partial charge in [0.1, 0.15) is 0 Å². The first-order valence-electron chi connectivity index (χ1n) is 8.27. The Bertz CT molecular complexity index is 422. The zero-order valence-electron chi connectivity index (χ0n) is 14.1. The van der Waals surface area contributed by atoms with Crippen molar-refractivity contribution in [2.24, 2.45) is 5.92 Å². The molecule has 0 bridgehead atoms. The van der Waals surface area contributed by atoms with Gasteiger partial charge in [0.25, 0.3) is 0 Å². The molecular formula is C18H31N3. The van der Waals surface area contributed by atoms with Crippen LogP contribution in [0.15, 0.2) is 24.3 Å². The average molecular weight is 289 g/mol. The van der Waals surface area contributed by atoms with Gasteiger partial charge in [-0.3, -0.25) is 4.90 Å². The Hall–Kier alpha value is -0.900. The first kappa shape index (κ1) is 16.5. The SMILES string of the molecule is CNC(CN1CCN(CC(C)C)CC1)c1ccccc1C. The van der Waals surface area contributed by atoms with E-state index in [1.165, 1.54) is 43.9 Å². The van der Waals surface area contributed by atoms with E-state index in [9.17, 15) is 0 Å². The second-order valence-corrected chi connectivity index (χ2v) is 6.69. The van der Waals surface area contributed by atoms with Crippen LogP contribution in [0.3, 0.4) is 0 Å². The largest absolute Gasteiger partial charge is 0.312 e. The molecular weight excluding hydrogens is 258 g/mol. The molecule has 0 saturated carbocycles. The van der Waals surface area contributed by atoms with Crippen molar-refractivity contribution in [2.75, 3.05) is 46.3 Å². The molecule has 21 heavy (non-hydrogen) atoms. The fourth-order valence-electron chi connectivity index (χ4n) is 3.25. The smallest absolute Gasteiger partial charge is 0.0449 e. The number of hydrogen-bond donors (Lipinski definition) is 1. The monoisotopic (exact) mass is 289 g/mol. The van der Waals surface area contributed by atoms with Crippen LogP contribution >= 0.6 is 0 Å². The Balaban J connectivity index is 1.88. The average Bonchev–Trinajstić information content (AvgIpc) is 2.47. The Morgan fingerprint density at radius 2 is 1.57 bits per heavy atom. The second-order valence-electron chi connectivity index (χ2n) is 6.69. The fourth-order valence-corrected chi connectivity index (χ4v) is 3.25. The maximum Gasteiger partial charge on any atom is 0.0449 e. The lowest BCUT2D eigenvalue weighted by Gasteiger charge is -2.37. The van der Waals surface area contributed by atoms with Crippen LogP contribution in [0.5, 0.6) is 0 Å². The lowest BCUT2D eigenvalue weighted by atomic mass is 10.0. The zero-order chi connectivity index (χ0) is 15.2. The summed E-state index contributed by atoms with van der Waals surface area (Å²) in [5.41, 5.74) is 2.82. The molecule has 1 N–H and O–H groups in total. The third kappa shape index (κ3) is 4.80. The molecule has 0 aliphatic carbocycles. The van der Waals surface area contributed by atoms with E-state index in [0.29, 0.717) is 6.04 Å². The minimum atomic E-state index is 0.433. The normalized spacial score (nSPS) is 19.1. The molecule has 1 aromatic rings. The van der Waals surface area contributed by atoms with Crippen LogP contribution in [0.25, 0.3) is 0 Å². The Morgan fingerprint density at radius 1 is 1.00 bits per heavy atom. The van der Waals surface area contributed by atoms with E-state index >= 15 is 0 Å². The second kappa shape index (κ2) is 7.92. The van der Waals surface area contributed by atoms with Gasteiger partial charge in [0.05, 0.1) is 0 Å². The summed E-state index contributed by atoms with van der Waals surface area (Å²) in [6, 6.07) is 9.16. The molecule has 1 aromatic carbocycles. The molecule has 3 nitrogen and oxygen atoms in total. The molecule has 0 radical (unpaired) electrons. The van der Waals surface area contributed by atoms with E-state index in [-0.39, 0.29) is 0 Å². The highest BCUT2D eigenvalue weighted by molar-refractivity contribution is 5.29. The van der Waals surface area contributed by atoms with Crippen molar-refractivity contribution >= 4 is 0 Å². The topological polar surface area (TPSA) is 18.5 Å². The van der Waals surface area contributed by atoms with E-state index in [0.717, 1.165) is 12.5 Å². The van der Waals surface area contributed by atoms with Crippen LogP contribution in [-0.4, -0.2) is 56.1 Å². The standard InChI is InChI=1S/C18H31N3/c1-15(2)13-20-9-11-21(12-10-20)14-18(19-4)17-8-6-5-7-16(17)3/h5-8,15,18-19H,9-14H2,1-4H3. The highest BCUT2D eigenvalue weighted by atomic mass is 15.3. The van der Waals surface area contributed by atoms with Gasteiger partial charge in [-0.1, -0.05) is 38.1 Å². The van der Waals surface area contributed by atoms with E-state index in [1.807, 2.05) is 0 Å². The van der Waals surface area contributed by atoms with Crippen LogP contribution in [0.2, 0.25) is 0 Å². The summed E-state index contributed by atoms with van der Waals surface area (Å²) in [5, 5.41) is 3.49. The van der Waals surface area contributed by atoms with Crippen molar-refractivity contribution in [1.82, 2.24) is 15.1 Å². The summed E-state index contributed by atoms with van der Waals surface area (Å²) in [4.78, 5) is 5.20. The highest BCUT2D eigenvalue weighted by Gasteiger charge is 2.21. The number of hydrogen-bond acceptors (Lipinski definition) is 3. The van der Waals surface area contributed by atoms with E-state index in [1.54, 1.807) is 0 Å². The van der Waals surface area contributed by atoms with E-state index in [2.05, 4.69) is 67.2 Å². The summed E-state index contributed by atoms with van der Waals surface area (Å²) in [7, 11) is 2.08. The first-order chi connectivity index (χ1) is 10.1. The number of rotatable bonds is 6. The van der Waals surface area contributed by atoms with Crippen molar-refractivity contribution in [1.29, 1.82) is 0 Å². The van der Waals surface area contributed by atoms with E-state index < -0.39 is 0 Å². The number of aryl methyl sites for hydroxylation is 1. The number of nitrogens with one attached hydrogen (secondary N) is 1. The van der Waals surface area contributed by atoms with Gasteiger partial charge >= 0.3 is 0 Å². The summed E-state index contributed by atoms with van der Waals surface area (Å²) in [6.45, 7) is 14.0. The number of benzene rings is 1. The van der Waals surface area contributed by atoms with Crippen LogP contribution < -0.4 is 5.32 Å². The third-order valence-electron chi connectivity index (χ3n) is 4.44. The molecule has 1 fully saturated rings. The molecule has 1 unspecified atom stereocenters. The molecule has 0 aromatic heterocycles. The van der Waals surface area contributed by atoms with Gasteiger partial charge in [0.2, 0.25) is 0 Å². The molecule has 118 valence electrons. The molecule has 3 heteroatoms. The van der Waals surface area contributed by atoms with Crippen LogP contribution in [0.1, 0.15) is 31.0 Å². The van der Waals surface area contributed by atoms with Gasteiger partial charge in [-0.2, -0.15) is 0 Å². The van der Waals surface area contributed by atoms with Gasteiger partial charge < -0.3 is 10.2 Å². The lowest BCUT2D eigenvalue weighted by molar-refractivity contribution is 0.114. The van der Waals surface area contributed by atoms with Crippen molar-refractivity contribution in [3.63, 3.8) is 0 Å².